The minimum atomic E-state index is -0.990. The van der Waals surface area contributed by atoms with E-state index < -0.39 is 5.97 Å². The Balaban J connectivity index is 2.09. The maximum Gasteiger partial charge on any atom is 0.323 e. The molecule has 6 nitrogen and oxygen atoms in total. The summed E-state index contributed by atoms with van der Waals surface area (Å²) < 4.78 is 0. The fourth-order valence-corrected chi connectivity index (χ4v) is 2.11. The second-order valence-electron chi connectivity index (χ2n) is 4.68. The zero-order chi connectivity index (χ0) is 14.5. The molecule has 1 aromatic heterocycles. The van der Waals surface area contributed by atoms with E-state index in [1.807, 2.05) is 25.1 Å². The molecule has 0 bridgehead atoms. The Morgan fingerprint density at radius 3 is 2.90 bits per heavy atom. The van der Waals surface area contributed by atoms with Crippen molar-refractivity contribution in [3.05, 3.63) is 30.0 Å². The molecule has 1 amide bonds. The molecule has 0 saturated heterocycles. The highest BCUT2D eigenvalue weighted by molar-refractivity contribution is 5.85. The molecule has 0 fully saturated rings. The minimum absolute atomic E-state index is 0.173. The molecule has 0 aliphatic heterocycles. The Bertz CT molecular complexity index is 621. The first-order valence-corrected chi connectivity index (χ1v) is 6.51. The van der Waals surface area contributed by atoms with Crippen LogP contribution in [0, 0.1) is 0 Å². The molecule has 1 aromatic carbocycles. The molecule has 2 aromatic rings. The molecular weight excluding hydrogens is 258 g/mol. The Hall–Kier alpha value is -2.37. The van der Waals surface area contributed by atoms with Gasteiger partial charge in [-0.1, -0.05) is 19.1 Å². The first-order chi connectivity index (χ1) is 9.60. The number of hydrogen-bond donors (Lipinski definition) is 2. The standard InChI is InChI=1S/C14H17N3O3/c1-2-5-17(9-14(19)20)13(18)7-10-3-4-11-8-15-16-12(11)6-10/h3-4,6,8H,2,5,7,9H2,1H3,(H,15,16)(H,19,20). The summed E-state index contributed by atoms with van der Waals surface area (Å²) in [6.45, 7) is 2.12. The van der Waals surface area contributed by atoms with Crippen LogP contribution >= 0.6 is 0 Å². The fraction of sp³-hybridized carbons (Fsp3) is 0.357. The van der Waals surface area contributed by atoms with Crippen LogP contribution in [-0.2, 0) is 16.0 Å². The molecule has 6 heteroatoms. The second kappa shape index (κ2) is 6.18. The van der Waals surface area contributed by atoms with E-state index in [4.69, 9.17) is 5.11 Å². The third-order valence-electron chi connectivity index (χ3n) is 3.03. The van der Waals surface area contributed by atoms with Crippen LogP contribution in [0.3, 0.4) is 0 Å². The van der Waals surface area contributed by atoms with Crippen molar-refractivity contribution in [1.29, 1.82) is 0 Å². The highest BCUT2D eigenvalue weighted by Gasteiger charge is 2.16. The molecule has 0 atom stereocenters. The number of hydrogen-bond acceptors (Lipinski definition) is 3. The molecule has 0 saturated carbocycles. The molecule has 0 unspecified atom stereocenters. The maximum atomic E-state index is 12.1. The predicted molar refractivity (Wildman–Crippen MR) is 74.3 cm³/mol. The van der Waals surface area contributed by atoms with Gasteiger partial charge >= 0.3 is 5.97 Å². The van der Waals surface area contributed by atoms with Crippen LogP contribution in [0.2, 0.25) is 0 Å². The van der Waals surface area contributed by atoms with Gasteiger partial charge in [-0.3, -0.25) is 14.7 Å². The van der Waals surface area contributed by atoms with Crippen molar-refractivity contribution >= 4 is 22.8 Å². The average molecular weight is 275 g/mol. The normalized spacial score (nSPS) is 10.7. The summed E-state index contributed by atoms with van der Waals surface area (Å²) in [7, 11) is 0. The number of benzene rings is 1. The number of aliphatic carboxylic acids is 1. The number of carboxylic acid groups (broad SMARTS) is 1. The van der Waals surface area contributed by atoms with Gasteiger partial charge in [0.05, 0.1) is 18.1 Å². The second-order valence-corrected chi connectivity index (χ2v) is 4.68. The van der Waals surface area contributed by atoms with Gasteiger partial charge in [-0.2, -0.15) is 5.10 Å². The van der Waals surface area contributed by atoms with Crippen LogP contribution in [-0.4, -0.2) is 45.2 Å². The molecule has 106 valence electrons. The molecule has 1 heterocycles. The zero-order valence-corrected chi connectivity index (χ0v) is 11.3. The minimum Gasteiger partial charge on any atom is -0.480 e. The van der Waals surface area contributed by atoms with Gasteiger partial charge < -0.3 is 10.0 Å². The first-order valence-electron chi connectivity index (χ1n) is 6.51. The summed E-state index contributed by atoms with van der Waals surface area (Å²) in [6.07, 6.45) is 2.65. The van der Waals surface area contributed by atoms with E-state index in [0.29, 0.717) is 6.54 Å². The fourth-order valence-electron chi connectivity index (χ4n) is 2.11. The molecular formula is C14H17N3O3. The van der Waals surface area contributed by atoms with Gasteiger partial charge in [-0.15, -0.1) is 0 Å². The van der Waals surface area contributed by atoms with E-state index in [1.165, 1.54) is 4.90 Å². The SMILES string of the molecule is CCCN(CC(=O)O)C(=O)Cc1ccc2cn[nH]c2c1. The van der Waals surface area contributed by atoms with E-state index >= 15 is 0 Å². The highest BCUT2D eigenvalue weighted by Crippen LogP contribution is 2.14. The van der Waals surface area contributed by atoms with E-state index in [1.54, 1.807) is 6.20 Å². The van der Waals surface area contributed by atoms with Gasteiger partial charge in [0.15, 0.2) is 0 Å². The lowest BCUT2D eigenvalue weighted by Crippen LogP contribution is -2.37. The van der Waals surface area contributed by atoms with Gasteiger partial charge in [0.25, 0.3) is 0 Å². The summed E-state index contributed by atoms with van der Waals surface area (Å²) in [5.74, 6) is -1.16. The summed E-state index contributed by atoms with van der Waals surface area (Å²) in [5, 5.41) is 16.6. The summed E-state index contributed by atoms with van der Waals surface area (Å²) >= 11 is 0. The smallest absolute Gasteiger partial charge is 0.323 e. The van der Waals surface area contributed by atoms with E-state index in [-0.39, 0.29) is 18.9 Å². The van der Waals surface area contributed by atoms with Gasteiger partial charge in [-0.25, -0.2) is 0 Å². The number of nitrogens with one attached hydrogen (secondary N) is 1. The number of carboxylic acids is 1. The van der Waals surface area contributed by atoms with Gasteiger partial charge in [-0.05, 0) is 18.1 Å². The molecule has 0 radical (unpaired) electrons. The summed E-state index contributed by atoms with van der Waals surface area (Å²) in [4.78, 5) is 24.3. The van der Waals surface area contributed by atoms with E-state index in [2.05, 4.69) is 10.2 Å². The Morgan fingerprint density at radius 2 is 2.20 bits per heavy atom. The average Bonchev–Trinajstić information content (AvgIpc) is 2.85. The lowest BCUT2D eigenvalue weighted by molar-refractivity contribution is -0.144. The lowest BCUT2D eigenvalue weighted by atomic mass is 10.1. The molecule has 20 heavy (non-hydrogen) atoms. The van der Waals surface area contributed by atoms with Gasteiger partial charge in [0.2, 0.25) is 5.91 Å². The number of fused-ring (bicyclic) bond motifs is 1. The van der Waals surface area contributed by atoms with Crippen molar-refractivity contribution in [2.24, 2.45) is 0 Å². The van der Waals surface area contributed by atoms with Gasteiger partial charge in [0, 0.05) is 11.9 Å². The van der Waals surface area contributed by atoms with Crippen molar-refractivity contribution in [2.45, 2.75) is 19.8 Å². The predicted octanol–water partition coefficient (Wildman–Crippen LogP) is 1.43. The number of H-pyrrole nitrogens is 1. The van der Waals surface area contributed by atoms with Crippen LogP contribution in [0.5, 0.6) is 0 Å². The molecule has 2 rings (SSSR count). The number of rotatable bonds is 6. The third-order valence-corrected chi connectivity index (χ3v) is 3.03. The van der Waals surface area contributed by atoms with Crippen molar-refractivity contribution in [3.63, 3.8) is 0 Å². The Kier molecular flexibility index (Phi) is 4.34. The van der Waals surface area contributed by atoms with Crippen molar-refractivity contribution < 1.29 is 14.7 Å². The number of carbonyl (C=O) groups excluding carboxylic acids is 1. The van der Waals surface area contributed by atoms with Crippen LogP contribution in [0.15, 0.2) is 24.4 Å². The van der Waals surface area contributed by atoms with Crippen LogP contribution < -0.4 is 0 Å². The molecule has 2 N–H and O–H groups in total. The first kappa shape index (κ1) is 14.0. The monoisotopic (exact) mass is 275 g/mol. The molecule has 0 aliphatic carbocycles. The van der Waals surface area contributed by atoms with Crippen LogP contribution in [0.25, 0.3) is 10.9 Å². The Morgan fingerprint density at radius 1 is 1.40 bits per heavy atom. The lowest BCUT2D eigenvalue weighted by Gasteiger charge is -2.19. The molecule has 0 aliphatic rings. The quantitative estimate of drug-likeness (QED) is 0.835. The maximum absolute atomic E-state index is 12.1. The van der Waals surface area contributed by atoms with E-state index in [9.17, 15) is 9.59 Å². The largest absolute Gasteiger partial charge is 0.480 e. The van der Waals surface area contributed by atoms with Crippen molar-refractivity contribution in [2.75, 3.05) is 13.1 Å². The third kappa shape index (κ3) is 3.34. The number of nitrogens with zero attached hydrogens (tertiary/aromatic N) is 2. The van der Waals surface area contributed by atoms with Crippen LogP contribution in [0.1, 0.15) is 18.9 Å². The topological polar surface area (TPSA) is 86.3 Å². The molecule has 0 spiro atoms. The summed E-state index contributed by atoms with van der Waals surface area (Å²) in [5.41, 5.74) is 1.72. The number of aromatic nitrogens is 2. The van der Waals surface area contributed by atoms with Crippen LogP contribution in [0.4, 0.5) is 0 Å². The Labute approximate surface area is 116 Å². The summed E-state index contributed by atoms with van der Waals surface area (Å²) in [6, 6.07) is 5.62. The number of aromatic amines is 1. The van der Waals surface area contributed by atoms with Gasteiger partial charge in [0.1, 0.15) is 6.54 Å². The van der Waals surface area contributed by atoms with Crippen molar-refractivity contribution in [3.8, 4) is 0 Å². The van der Waals surface area contributed by atoms with E-state index in [0.717, 1.165) is 22.9 Å². The highest BCUT2D eigenvalue weighted by atomic mass is 16.4. The number of carbonyl (C=O) groups is 2. The number of amides is 1. The zero-order valence-electron chi connectivity index (χ0n) is 11.3. The van der Waals surface area contributed by atoms with Crippen molar-refractivity contribution in [1.82, 2.24) is 15.1 Å².